The fraction of sp³-hybridized carbons (Fsp3) is 0.452. The molecule has 4 aromatic heterocycles. The Balaban J connectivity index is 1.10. The molecule has 5 rings (SSSR count). The molecule has 242 valence electrons. The lowest BCUT2D eigenvalue weighted by molar-refractivity contribution is -0.00445. The molecule has 0 N–H and O–H groups in total. The van der Waals surface area contributed by atoms with Gasteiger partial charge in [0, 0.05) is 70.1 Å². The summed E-state index contributed by atoms with van der Waals surface area (Å²) in [6.45, 7) is 4.59. The number of hydrogen-bond acceptors (Lipinski definition) is 13. The van der Waals surface area contributed by atoms with Crippen LogP contribution in [0.5, 0.6) is 0 Å². The lowest BCUT2D eigenvalue weighted by atomic mass is 10.2. The number of nitrogens with zero attached hydrogens (tertiary/aromatic N) is 10. The summed E-state index contributed by atoms with van der Waals surface area (Å²) < 4.78 is 35.7. The molecule has 0 bridgehead atoms. The second kappa shape index (κ2) is 17.8. The zero-order valence-corrected chi connectivity index (χ0v) is 25.7. The smallest absolute Gasteiger partial charge is 0.225 e. The first-order chi connectivity index (χ1) is 22.7. The largest absolute Gasteiger partial charge is 0.377 e. The lowest BCUT2D eigenvalue weighted by Crippen LogP contribution is -2.56. The van der Waals surface area contributed by atoms with Crippen LogP contribution < -0.4 is 9.80 Å². The molecule has 0 amide bonds. The van der Waals surface area contributed by atoms with Gasteiger partial charge in [-0.1, -0.05) is 11.8 Å². The van der Waals surface area contributed by atoms with Gasteiger partial charge in [0.2, 0.25) is 11.9 Å². The van der Waals surface area contributed by atoms with E-state index in [0.717, 1.165) is 5.56 Å². The van der Waals surface area contributed by atoms with Gasteiger partial charge >= 0.3 is 0 Å². The Bertz CT molecular complexity index is 1520. The summed E-state index contributed by atoms with van der Waals surface area (Å²) in [5.41, 5.74) is 2.22. The van der Waals surface area contributed by atoms with Crippen molar-refractivity contribution in [3.63, 3.8) is 0 Å². The third kappa shape index (κ3) is 9.94. The van der Waals surface area contributed by atoms with Crippen molar-refractivity contribution in [1.82, 2.24) is 39.7 Å². The first-order valence-corrected chi connectivity index (χ1v) is 15.0. The molecular weight excluding hydrogens is 595 g/mol. The summed E-state index contributed by atoms with van der Waals surface area (Å²) in [7, 11) is 1.85. The Morgan fingerprint density at radius 3 is 1.96 bits per heavy atom. The molecule has 0 spiro atoms. The summed E-state index contributed by atoms with van der Waals surface area (Å²) in [6, 6.07) is 1.77. The molecule has 1 fully saturated rings. The highest BCUT2D eigenvalue weighted by atomic mass is 19.1. The maximum atomic E-state index is 12.0. The van der Waals surface area contributed by atoms with Crippen LogP contribution in [0.4, 0.5) is 16.3 Å². The summed E-state index contributed by atoms with van der Waals surface area (Å²) in [6.07, 6.45) is 13.9. The molecule has 0 saturated carbocycles. The predicted octanol–water partition coefficient (Wildman–Crippen LogP) is 1.59. The molecular formula is C31H37FN10O4. The third-order valence-electron chi connectivity index (χ3n) is 6.83. The van der Waals surface area contributed by atoms with Crippen LogP contribution in [0.2, 0.25) is 0 Å². The highest BCUT2D eigenvalue weighted by Gasteiger charge is 2.30. The van der Waals surface area contributed by atoms with Crippen LogP contribution >= 0.6 is 0 Å². The summed E-state index contributed by atoms with van der Waals surface area (Å²) >= 11 is 0. The van der Waals surface area contributed by atoms with Crippen molar-refractivity contribution in [3.05, 3.63) is 66.8 Å². The Hall–Kier alpha value is -4.62. The average Bonchev–Trinajstić information content (AvgIpc) is 3.54. The number of anilines is 2. The van der Waals surface area contributed by atoms with E-state index in [0.29, 0.717) is 94.7 Å². The summed E-state index contributed by atoms with van der Waals surface area (Å²) in [4.78, 5) is 31.1. The van der Waals surface area contributed by atoms with E-state index in [1.54, 1.807) is 54.1 Å². The third-order valence-corrected chi connectivity index (χ3v) is 6.83. The monoisotopic (exact) mass is 632 g/mol. The van der Waals surface area contributed by atoms with Gasteiger partial charge in [0.15, 0.2) is 5.82 Å². The molecule has 1 aliphatic heterocycles. The number of alkyl halides is 1. The van der Waals surface area contributed by atoms with Crippen LogP contribution in [-0.2, 0) is 26.0 Å². The van der Waals surface area contributed by atoms with E-state index in [-0.39, 0.29) is 12.6 Å². The van der Waals surface area contributed by atoms with Crippen LogP contribution in [0, 0.1) is 11.8 Å². The lowest BCUT2D eigenvalue weighted by Gasteiger charge is -2.41. The van der Waals surface area contributed by atoms with Crippen molar-refractivity contribution in [2.45, 2.75) is 6.04 Å². The van der Waals surface area contributed by atoms with Gasteiger partial charge in [-0.15, -0.1) is 0 Å². The second-order valence-corrected chi connectivity index (χ2v) is 10.2. The minimum absolute atomic E-state index is 0.0264. The van der Waals surface area contributed by atoms with Gasteiger partial charge in [-0.25, -0.2) is 34.3 Å². The molecule has 0 aromatic carbocycles. The number of halogens is 1. The molecule has 0 radical (unpaired) electrons. The van der Waals surface area contributed by atoms with Crippen molar-refractivity contribution in [3.8, 4) is 23.2 Å². The summed E-state index contributed by atoms with van der Waals surface area (Å²) in [5.74, 6) is 8.03. The fourth-order valence-electron chi connectivity index (χ4n) is 4.59. The van der Waals surface area contributed by atoms with Crippen molar-refractivity contribution in [2.24, 2.45) is 7.05 Å². The molecule has 0 unspecified atom stereocenters. The van der Waals surface area contributed by atoms with E-state index in [4.69, 9.17) is 18.9 Å². The highest BCUT2D eigenvalue weighted by Crippen LogP contribution is 2.20. The zero-order chi connectivity index (χ0) is 31.8. The maximum Gasteiger partial charge on any atom is 0.225 e. The zero-order valence-electron chi connectivity index (χ0n) is 25.7. The maximum absolute atomic E-state index is 12.0. The van der Waals surface area contributed by atoms with E-state index >= 15 is 0 Å². The number of rotatable bonds is 16. The predicted molar refractivity (Wildman–Crippen MR) is 167 cm³/mol. The van der Waals surface area contributed by atoms with Gasteiger partial charge in [0.25, 0.3) is 0 Å². The molecule has 5 heterocycles. The Kier molecular flexibility index (Phi) is 12.6. The Labute approximate surface area is 266 Å². The van der Waals surface area contributed by atoms with Gasteiger partial charge in [0.05, 0.1) is 81.8 Å². The van der Waals surface area contributed by atoms with Crippen molar-refractivity contribution in [2.75, 3.05) is 89.0 Å². The minimum atomic E-state index is -0.489. The second-order valence-electron chi connectivity index (χ2n) is 10.2. The van der Waals surface area contributed by atoms with Crippen LogP contribution in [-0.4, -0.2) is 125 Å². The number of aryl methyl sites for hydroxylation is 1. The molecule has 1 aliphatic rings. The molecule has 46 heavy (non-hydrogen) atoms. The number of ether oxygens (including phenoxy) is 4. The van der Waals surface area contributed by atoms with Gasteiger partial charge in [-0.3, -0.25) is 4.68 Å². The van der Waals surface area contributed by atoms with E-state index < -0.39 is 6.67 Å². The van der Waals surface area contributed by atoms with Gasteiger partial charge in [-0.2, -0.15) is 5.10 Å². The van der Waals surface area contributed by atoms with Crippen LogP contribution in [0.1, 0.15) is 11.1 Å². The molecule has 0 aliphatic carbocycles. The van der Waals surface area contributed by atoms with Crippen LogP contribution in [0.3, 0.4) is 0 Å². The normalized spacial score (nSPS) is 14.7. The molecule has 1 atom stereocenters. The molecule has 1 saturated heterocycles. The Morgan fingerprint density at radius 2 is 1.35 bits per heavy atom. The van der Waals surface area contributed by atoms with Crippen LogP contribution in [0.15, 0.2) is 55.6 Å². The summed E-state index contributed by atoms with van der Waals surface area (Å²) in [5, 5.41) is 4.15. The molecule has 4 aromatic rings. The molecule has 14 nitrogen and oxygen atoms in total. The fourth-order valence-corrected chi connectivity index (χ4v) is 4.59. The van der Waals surface area contributed by atoms with E-state index in [1.165, 1.54) is 0 Å². The topological polar surface area (TPSA) is 139 Å². The van der Waals surface area contributed by atoms with E-state index in [1.807, 2.05) is 13.2 Å². The van der Waals surface area contributed by atoms with Crippen molar-refractivity contribution < 1.29 is 23.3 Å². The van der Waals surface area contributed by atoms with Gasteiger partial charge in [0.1, 0.15) is 6.67 Å². The van der Waals surface area contributed by atoms with Crippen molar-refractivity contribution >= 4 is 11.9 Å². The number of hydrogen-bond donors (Lipinski definition) is 0. The molecule has 15 heteroatoms. The number of aromatic nitrogens is 8. The van der Waals surface area contributed by atoms with Gasteiger partial charge in [-0.05, 0) is 6.07 Å². The van der Waals surface area contributed by atoms with E-state index in [2.05, 4.69) is 56.6 Å². The standard InChI is InChI=1S/C31H37FN10O4/c1-40-22-27(21-39-40)29-35-17-25(18-36-29)3-4-26-19-37-30(38-20-26)41-8-9-42(31-33-6-2-7-34-31)28(23-41)24-46-16-15-45-14-13-44-12-11-43-10-5-32/h2,6-7,17-22,28H,5,8-16,23-24H2,1H3/t28-/m1/s1. The quantitative estimate of drug-likeness (QED) is 0.131. The first kappa shape index (κ1) is 32.8. The minimum Gasteiger partial charge on any atom is -0.377 e. The average molecular weight is 633 g/mol. The highest BCUT2D eigenvalue weighted by molar-refractivity contribution is 5.52. The van der Waals surface area contributed by atoms with Gasteiger partial charge < -0.3 is 28.7 Å². The SMILES string of the molecule is Cn1cc(-c2ncc(C#Cc3cnc(N4CCN(c5ncccn5)[C@@H](COCCOCCOCCOCCF)C4)nc3)cn2)cn1. The van der Waals surface area contributed by atoms with Crippen LogP contribution in [0.25, 0.3) is 11.4 Å². The van der Waals surface area contributed by atoms with E-state index in [9.17, 15) is 4.39 Å². The van der Waals surface area contributed by atoms with Crippen molar-refractivity contribution in [1.29, 1.82) is 0 Å². The number of piperazine rings is 1. The Morgan fingerprint density at radius 1 is 0.739 bits per heavy atom. The first-order valence-electron chi connectivity index (χ1n) is 15.0.